The Kier molecular flexibility index (Phi) is 9.24. The molecule has 3 amide bonds. The number of benzene rings is 1. The fraction of sp³-hybridized carbons (Fsp3) is 0.500. The van der Waals surface area contributed by atoms with Crippen LogP contribution in [0.25, 0.3) is 0 Å². The van der Waals surface area contributed by atoms with E-state index in [0.29, 0.717) is 23.9 Å². The van der Waals surface area contributed by atoms with E-state index in [2.05, 4.69) is 24.5 Å². The molecule has 0 heterocycles. The maximum absolute atomic E-state index is 12.3. The molecule has 138 valence electrons. The zero-order valence-corrected chi connectivity index (χ0v) is 14.8. The van der Waals surface area contributed by atoms with Crippen molar-refractivity contribution >= 4 is 18.2 Å². The third kappa shape index (κ3) is 8.85. The monoisotopic (exact) mass is 349 g/mol. The van der Waals surface area contributed by atoms with Gasteiger partial charge >= 0.3 is 0 Å². The summed E-state index contributed by atoms with van der Waals surface area (Å²) in [6.07, 6.45) is 1.48. The smallest absolute Gasteiger partial charge is 0.239 e. The summed E-state index contributed by atoms with van der Waals surface area (Å²) in [5.41, 5.74) is 0.906. The Morgan fingerprint density at radius 2 is 1.88 bits per heavy atom. The highest BCUT2D eigenvalue weighted by Gasteiger charge is 2.22. The van der Waals surface area contributed by atoms with E-state index in [0.717, 1.165) is 12.0 Å². The van der Waals surface area contributed by atoms with Crippen molar-refractivity contribution in [2.75, 3.05) is 19.6 Å². The second-order valence-electron chi connectivity index (χ2n) is 6.36. The number of amides is 3. The van der Waals surface area contributed by atoms with E-state index in [9.17, 15) is 19.6 Å². The normalized spacial score (nSPS) is 11.7. The summed E-state index contributed by atoms with van der Waals surface area (Å²) in [5, 5.41) is 15.2. The van der Waals surface area contributed by atoms with Gasteiger partial charge in [0.05, 0.1) is 19.0 Å². The average Bonchev–Trinajstić information content (AvgIpc) is 2.59. The molecule has 0 fully saturated rings. The Morgan fingerprint density at radius 3 is 2.48 bits per heavy atom. The highest BCUT2D eigenvalue weighted by Crippen LogP contribution is 2.10. The molecule has 0 aliphatic carbocycles. The Bertz CT molecular complexity index is 549. The van der Waals surface area contributed by atoms with E-state index >= 15 is 0 Å². The number of hydroxylamine groups is 2. The minimum Gasteiger partial charge on any atom is -0.355 e. The van der Waals surface area contributed by atoms with Gasteiger partial charge in [-0.05, 0) is 24.3 Å². The van der Waals surface area contributed by atoms with Crippen molar-refractivity contribution in [1.29, 1.82) is 0 Å². The van der Waals surface area contributed by atoms with Gasteiger partial charge in [0.15, 0.2) is 0 Å². The number of carbonyl (C=O) groups excluding carboxylic acids is 3. The molecule has 7 heteroatoms. The van der Waals surface area contributed by atoms with Crippen molar-refractivity contribution in [1.82, 2.24) is 15.7 Å². The highest BCUT2D eigenvalue weighted by molar-refractivity contribution is 5.86. The molecule has 0 aliphatic rings. The van der Waals surface area contributed by atoms with Gasteiger partial charge in [0.1, 0.15) is 0 Å². The van der Waals surface area contributed by atoms with Gasteiger partial charge < -0.3 is 10.6 Å². The van der Waals surface area contributed by atoms with Gasteiger partial charge in [0.2, 0.25) is 18.2 Å². The molecule has 0 radical (unpaired) electrons. The third-order valence-electron chi connectivity index (χ3n) is 3.69. The molecular weight excluding hydrogens is 322 g/mol. The summed E-state index contributed by atoms with van der Waals surface area (Å²) in [7, 11) is 0. The van der Waals surface area contributed by atoms with Gasteiger partial charge in [0, 0.05) is 6.54 Å². The van der Waals surface area contributed by atoms with E-state index in [-0.39, 0.29) is 31.3 Å². The summed E-state index contributed by atoms with van der Waals surface area (Å²) in [4.78, 5) is 34.7. The van der Waals surface area contributed by atoms with E-state index in [1.54, 1.807) is 0 Å². The molecule has 0 bridgehead atoms. The van der Waals surface area contributed by atoms with E-state index in [4.69, 9.17) is 0 Å². The maximum atomic E-state index is 12.3. The molecule has 3 N–H and O–H groups in total. The molecule has 0 aromatic heterocycles. The summed E-state index contributed by atoms with van der Waals surface area (Å²) in [6.45, 7) is 4.43. The average molecular weight is 349 g/mol. The zero-order valence-electron chi connectivity index (χ0n) is 14.8. The van der Waals surface area contributed by atoms with Crippen LogP contribution in [0.1, 0.15) is 25.8 Å². The topological polar surface area (TPSA) is 98.7 Å². The fourth-order valence-electron chi connectivity index (χ4n) is 2.28. The van der Waals surface area contributed by atoms with Crippen LogP contribution in [0.3, 0.4) is 0 Å². The van der Waals surface area contributed by atoms with Crippen molar-refractivity contribution in [3.8, 4) is 0 Å². The number of hydrogen-bond donors (Lipinski definition) is 3. The second kappa shape index (κ2) is 11.2. The first-order chi connectivity index (χ1) is 11.9. The standard InChI is InChI=1S/C18H27N3O4/c1-14(2)8-9-19-17(23)11-20-18(24)16(12-21(25)13-22)10-15-6-4-3-5-7-15/h3-7,13-14,16,25H,8-12H2,1-2H3,(H,19,23)(H,20,24). The lowest BCUT2D eigenvalue weighted by Crippen LogP contribution is -2.43. The predicted octanol–water partition coefficient (Wildman–Crippen LogP) is 0.971. The van der Waals surface area contributed by atoms with Gasteiger partial charge in [-0.1, -0.05) is 44.2 Å². The molecule has 1 aromatic carbocycles. The minimum absolute atomic E-state index is 0.130. The van der Waals surface area contributed by atoms with Gasteiger partial charge in [0.25, 0.3) is 0 Å². The maximum Gasteiger partial charge on any atom is 0.239 e. The largest absolute Gasteiger partial charge is 0.355 e. The number of nitrogens with zero attached hydrogens (tertiary/aromatic N) is 1. The van der Waals surface area contributed by atoms with Crippen LogP contribution in [0.5, 0.6) is 0 Å². The SMILES string of the molecule is CC(C)CCNC(=O)CNC(=O)C(Cc1ccccc1)CN(O)C=O. The first-order valence-electron chi connectivity index (χ1n) is 8.41. The molecule has 1 atom stereocenters. The van der Waals surface area contributed by atoms with Crippen molar-refractivity contribution in [3.05, 3.63) is 35.9 Å². The van der Waals surface area contributed by atoms with Crippen LogP contribution in [-0.2, 0) is 20.8 Å². The van der Waals surface area contributed by atoms with Crippen LogP contribution in [0.2, 0.25) is 0 Å². The van der Waals surface area contributed by atoms with E-state index in [1.807, 2.05) is 30.3 Å². The zero-order chi connectivity index (χ0) is 18.7. The number of carbonyl (C=O) groups is 3. The highest BCUT2D eigenvalue weighted by atomic mass is 16.5. The lowest BCUT2D eigenvalue weighted by molar-refractivity contribution is -0.154. The van der Waals surface area contributed by atoms with Gasteiger partial charge in [-0.2, -0.15) is 0 Å². The van der Waals surface area contributed by atoms with Crippen LogP contribution in [0.4, 0.5) is 0 Å². The summed E-state index contributed by atoms with van der Waals surface area (Å²) in [6, 6.07) is 9.29. The third-order valence-corrected chi connectivity index (χ3v) is 3.69. The van der Waals surface area contributed by atoms with E-state index in [1.165, 1.54) is 0 Å². The quantitative estimate of drug-likeness (QED) is 0.315. The van der Waals surface area contributed by atoms with Crippen LogP contribution in [0, 0.1) is 11.8 Å². The minimum atomic E-state index is -0.652. The molecule has 0 spiro atoms. The number of nitrogens with one attached hydrogen (secondary N) is 2. The van der Waals surface area contributed by atoms with Gasteiger partial charge in [-0.3, -0.25) is 19.6 Å². The fourth-order valence-corrected chi connectivity index (χ4v) is 2.28. The lowest BCUT2D eigenvalue weighted by atomic mass is 9.98. The van der Waals surface area contributed by atoms with Crippen molar-refractivity contribution in [3.63, 3.8) is 0 Å². The first kappa shape index (κ1) is 20.6. The Labute approximate surface area is 148 Å². The Hall–Kier alpha value is -2.41. The van der Waals surface area contributed by atoms with Crippen LogP contribution >= 0.6 is 0 Å². The second-order valence-corrected chi connectivity index (χ2v) is 6.36. The molecule has 0 saturated carbocycles. The summed E-state index contributed by atoms with van der Waals surface area (Å²) >= 11 is 0. The van der Waals surface area contributed by atoms with E-state index < -0.39 is 5.92 Å². The van der Waals surface area contributed by atoms with Gasteiger partial charge in [-0.25, -0.2) is 5.06 Å². The molecule has 0 aliphatic heterocycles. The first-order valence-corrected chi connectivity index (χ1v) is 8.41. The molecule has 7 nitrogen and oxygen atoms in total. The van der Waals surface area contributed by atoms with Crippen molar-refractivity contribution < 1.29 is 19.6 Å². The summed E-state index contributed by atoms with van der Waals surface area (Å²) in [5.74, 6) is -0.808. The molecule has 1 aromatic rings. The molecule has 25 heavy (non-hydrogen) atoms. The Morgan fingerprint density at radius 1 is 1.20 bits per heavy atom. The molecule has 1 rings (SSSR count). The van der Waals surface area contributed by atoms with Crippen molar-refractivity contribution in [2.24, 2.45) is 11.8 Å². The van der Waals surface area contributed by atoms with Gasteiger partial charge in [-0.15, -0.1) is 0 Å². The lowest BCUT2D eigenvalue weighted by Gasteiger charge is -2.19. The predicted molar refractivity (Wildman–Crippen MR) is 93.7 cm³/mol. The number of rotatable bonds is 11. The molecule has 0 saturated heterocycles. The molecular formula is C18H27N3O4. The van der Waals surface area contributed by atoms with Crippen LogP contribution in [0.15, 0.2) is 30.3 Å². The van der Waals surface area contributed by atoms with Crippen molar-refractivity contribution in [2.45, 2.75) is 26.7 Å². The summed E-state index contributed by atoms with van der Waals surface area (Å²) < 4.78 is 0. The van der Waals surface area contributed by atoms with Crippen LogP contribution in [-0.4, -0.2) is 48.1 Å². The van der Waals surface area contributed by atoms with Crippen LogP contribution < -0.4 is 10.6 Å². The molecule has 1 unspecified atom stereocenters. The number of hydrogen-bond acceptors (Lipinski definition) is 4. The Balaban J connectivity index is 2.54.